The molecule has 0 fully saturated rings. The van der Waals surface area contributed by atoms with Crippen LogP contribution in [0.1, 0.15) is 13.8 Å². The van der Waals surface area contributed by atoms with Gasteiger partial charge in [-0.15, -0.1) is 0 Å². The number of halogens is 1. The van der Waals surface area contributed by atoms with Gasteiger partial charge in [-0.3, -0.25) is 0 Å². The summed E-state index contributed by atoms with van der Waals surface area (Å²) in [6, 6.07) is 7.22. The molecule has 122 valence electrons. The van der Waals surface area contributed by atoms with Crippen molar-refractivity contribution in [2.45, 2.75) is 52.4 Å². The molecule has 1 heterocycles. The van der Waals surface area contributed by atoms with Crippen molar-refractivity contribution in [1.82, 2.24) is 9.78 Å². The average Bonchev–Trinajstić information content (AvgIpc) is 2.70. The lowest BCUT2D eigenvalue weighted by Crippen LogP contribution is -2.22. The number of benzene rings is 1. The number of aromatic nitrogens is 2. The standard InChI is InChI=1S/C16H25IN2O2Si/c1-12(2)21-13-6-7-15-14(10-13)16(17)19(18-15)11-20-8-9-22(3,4)5/h6-7,10,12H,8-9,11H2,1-5H3. The second-order valence-electron chi connectivity index (χ2n) is 6.98. The molecule has 22 heavy (non-hydrogen) atoms. The molecule has 1 aromatic carbocycles. The van der Waals surface area contributed by atoms with Gasteiger partial charge in [0.25, 0.3) is 0 Å². The molecule has 0 spiro atoms. The van der Waals surface area contributed by atoms with Gasteiger partial charge >= 0.3 is 0 Å². The Morgan fingerprint density at radius 3 is 2.64 bits per heavy atom. The third kappa shape index (κ3) is 4.96. The van der Waals surface area contributed by atoms with E-state index >= 15 is 0 Å². The van der Waals surface area contributed by atoms with Gasteiger partial charge < -0.3 is 9.47 Å². The van der Waals surface area contributed by atoms with Crippen molar-refractivity contribution in [1.29, 1.82) is 0 Å². The Morgan fingerprint density at radius 2 is 2.00 bits per heavy atom. The van der Waals surface area contributed by atoms with Crippen molar-refractivity contribution in [2.24, 2.45) is 0 Å². The molecule has 2 rings (SSSR count). The molecule has 1 aromatic heterocycles. The highest BCUT2D eigenvalue weighted by molar-refractivity contribution is 14.1. The largest absolute Gasteiger partial charge is 0.491 e. The summed E-state index contributed by atoms with van der Waals surface area (Å²) in [5.41, 5.74) is 0.981. The first-order valence-electron chi connectivity index (χ1n) is 7.67. The molecule has 0 N–H and O–H groups in total. The quantitative estimate of drug-likeness (QED) is 0.360. The van der Waals surface area contributed by atoms with E-state index in [2.05, 4.69) is 53.4 Å². The number of rotatable bonds is 7. The van der Waals surface area contributed by atoms with Crippen molar-refractivity contribution < 1.29 is 9.47 Å². The molecule has 0 aliphatic heterocycles. The molecule has 0 bridgehead atoms. The molecular formula is C16H25IN2O2Si. The zero-order valence-electron chi connectivity index (χ0n) is 14.0. The molecule has 4 nitrogen and oxygen atoms in total. The number of nitrogens with zero attached hydrogens (tertiary/aromatic N) is 2. The molecular weight excluding hydrogens is 407 g/mol. The smallest absolute Gasteiger partial charge is 0.140 e. The van der Waals surface area contributed by atoms with Crippen LogP contribution in [-0.2, 0) is 11.5 Å². The maximum atomic E-state index is 5.80. The maximum absolute atomic E-state index is 5.80. The predicted molar refractivity (Wildman–Crippen MR) is 102 cm³/mol. The number of fused-ring (bicyclic) bond motifs is 1. The van der Waals surface area contributed by atoms with Gasteiger partial charge in [0.1, 0.15) is 16.2 Å². The lowest BCUT2D eigenvalue weighted by atomic mass is 10.2. The summed E-state index contributed by atoms with van der Waals surface area (Å²) in [5, 5.41) is 5.72. The minimum absolute atomic E-state index is 0.176. The molecule has 0 atom stereocenters. The second kappa shape index (κ2) is 7.31. The van der Waals surface area contributed by atoms with Gasteiger partial charge in [0.15, 0.2) is 0 Å². The Labute approximate surface area is 147 Å². The van der Waals surface area contributed by atoms with E-state index in [0.717, 1.165) is 27.0 Å². The third-order valence-electron chi connectivity index (χ3n) is 3.23. The van der Waals surface area contributed by atoms with Crippen LogP contribution in [0.5, 0.6) is 5.75 Å². The van der Waals surface area contributed by atoms with Crippen LogP contribution in [0.15, 0.2) is 18.2 Å². The first kappa shape index (κ1) is 17.7. The van der Waals surface area contributed by atoms with Crippen molar-refractivity contribution in [3.63, 3.8) is 0 Å². The third-order valence-corrected chi connectivity index (χ3v) is 6.07. The van der Waals surface area contributed by atoms with Crippen LogP contribution in [0.3, 0.4) is 0 Å². The van der Waals surface area contributed by atoms with Crippen molar-refractivity contribution in [3.05, 3.63) is 21.9 Å². The van der Waals surface area contributed by atoms with Gasteiger partial charge in [0.05, 0.1) is 11.6 Å². The Kier molecular flexibility index (Phi) is 5.90. The van der Waals surface area contributed by atoms with Crippen LogP contribution in [0, 0.1) is 3.70 Å². The number of ether oxygens (including phenoxy) is 2. The lowest BCUT2D eigenvalue weighted by Gasteiger charge is -2.15. The van der Waals surface area contributed by atoms with E-state index in [1.807, 2.05) is 30.7 Å². The highest BCUT2D eigenvalue weighted by Gasteiger charge is 2.13. The Hall–Kier alpha value is -0.603. The summed E-state index contributed by atoms with van der Waals surface area (Å²) in [5.74, 6) is 0.889. The Bertz CT molecular complexity index is 635. The van der Waals surface area contributed by atoms with E-state index in [1.165, 1.54) is 6.04 Å². The highest BCUT2D eigenvalue weighted by atomic mass is 127. The fraction of sp³-hybridized carbons (Fsp3) is 0.562. The van der Waals surface area contributed by atoms with Gasteiger partial charge in [0, 0.05) is 20.1 Å². The van der Waals surface area contributed by atoms with Crippen molar-refractivity contribution in [2.75, 3.05) is 6.61 Å². The zero-order valence-corrected chi connectivity index (χ0v) is 17.2. The summed E-state index contributed by atoms with van der Waals surface area (Å²) < 4.78 is 14.6. The van der Waals surface area contributed by atoms with Crippen LogP contribution in [-0.4, -0.2) is 30.6 Å². The Morgan fingerprint density at radius 1 is 1.27 bits per heavy atom. The SMILES string of the molecule is CC(C)Oc1ccc2nn(COCC[Si](C)(C)C)c(I)c2c1. The summed E-state index contributed by atoms with van der Waals surface area (Å²) in [6.07, 6.45) is 0.176. The van der Waals surface area contributed by atoms with Gasteiger partial charge in [-0.25, -0.2) is 4.68 Å². The minimum Gasteiger partial charge on any atom is -0.491 e. The first-order chi connectivity index (χ1) is 10.3. The first-order valence-corrected chi connectivity index (χ1v) is 12.5. The second-order valence-corrected chi connectivity index (χ2v) is 13.6. The molecule has 0 saturated carbocycles. The van der Waals surface area contributed by atoms with Crippen LogP contribution >= 0.6 is 22.6 Å². The monoisotopic (exact) mass is 432 g/mol. The topological polar surface area (TPSA) is 36.3 Å². The average molecular weight is 432 g/mol. The van der Waals surface area contributed by atoms with Crippen molar-refractivity contribution in [3.8, 4) is 5.75 Å². The lowest BCUT2D eigenvalue weighted by molar-refractivity contribution is 0.0773. The van der Waals surface area contributed by atoms with Gasteiger partial charge in [-0.1, -0.05) is 19.6 Å². The van der Waals surface area contributed by atoms with Crippen LogP contribution < -0.4 is 4.74 Å². The van der Waals surface area contributed by atoms with E-state index in [0.29, 0.717) is 6.73 Å². The maximum Gasteiger partial charge on any atom is 0.140 e. The molecule has 0 radical (unpaired) electrons. The Balaban J connectivity index is 2.06. The summed E-state index contributed by atoms with van der Waals surface area (Å²) in [4.78, 5) is 0. The fourth-order valence-corrected chi connectivity index (χ4v) is 3.48. The van der Waals surface area contributed by atoms with Gasteiger partial charge in [-0.2, -0.15) is 5.10 Å². The van der Waals surface area contributed by atoms with E-state index in [-0.39, 0.29) is 6.10 Å². The van der Waals surface area contributed by atoms with Gasteiger partial charge in [-0.05, 0) is 60.7 Å². The normalized spacial score (nSPS) is 12.3. The van der Waals surface area contributed by atoms with E-state index in [4.69, 9.17) is 9.47 Å². The summed E-state index contributed by atoms with van der Waals surface area (Å²) in [7, 11) is -1.04. The summed E-state index contributed by atoms with van der Waals surface area (Å²) >= 11 is 2.33. The molecule has 0 aliphatic carbocycles. The van der Waals surface area contributed by atoms with E-state index < -0.39 is 8.07 Å². The molecule has 0 amide bonds. The molecule has 0 saturated heterocycles. The molecule has 0 unspecified atom stereocenters. The van der Waals surface area contributed by atoms with E-state index in [9.17, 15) is 0 Å². The highest BCUT2D eigenvalue weighted by Crippen LogP contribution is 2.25. The number of hydrogen-bond acceptors (Lipinski definition) is 3. The number of hydrogen-bond donors (Lipinski definition) is 0. The van der Waals surface area contributed by atoms with Crippen LogP contribution in [0.4, 0.5) is 0 Å². The predicted octanol–water partition coefficient (Wildman–Crippen LogP) is 4.74. The summed E-state index contributed by atoms with van der Waals surface area (Å²) in [6.45, 7) is 12.5. The zero-order chi connectivity index (χ0) is 16.3. The van der Waals surface area contributed by atoms with Gasteiger partial charge in [0.2, 0.25) is 0 Å². The van der Waals surface area contributed by atoms with Crippen molar-refractivity contribution >= 4 is 41.6 Å². The minimum atomic E-state index is -1.04. The molecule has 2 aromatic rings. The van der Waals surface area contributed by atoms with E-state index in [1.54, 1.807) is 0 Å². The fourth-order valence-electron chi connectivity index (χ4n) is 2.04. The molecule has 0 aliphatic rings. The molecule has 6 heteroatoms. The van der Waals surface area contributed by atoms with Crippen LogP contribution in [0.25, 0.3) is 10.9 Å². The van der Waals surface area contributed by atoms with Crippen LogP contribution in [0.2, 0.25) is 25.7 Å².